The molecular formula is C72H72P8Pt. The van der Waals surface area contributed by atoms with Gasteiger partial charge >= 0.3 is 491 Å². The van der Waals surface area contributed by atoms with Gasteiger partial charge < -0.3 is 0 Å². The van der Waals surface area contributed by atoms with Crippen LogP contribution in [0.2, 0.25) is 0 Å². The molecular weight excluding hydrogens is 1310 g/mol. The zero-order valence-corrected chi connectivity index (χ0v) is 56.2. The minimum Gasteiger partial charge on any atom is 0 e. The maximum atomic E-state index is 3.20. The van der Waals surface area contributed by atoms with Crippen LogP contribution in [-0.2, 0) is 21.1 Å². The molecule has 4 unspecified atom stereocenters. The molecule has 0 aliphatic heterocycles. The van der Waals surface area contributed by atoms with Crippen LogP contribution in [0.5, 0.6) is 0 Å². The Kier molecular flexibility index (Phi) is 23.6. The monoisotopic (exact) mass is 1380 g/mol. The first-order chi connectivity index (χ1) is 39.3. The first-order valence-corrected chi connectivity index (χ1v) is 42.3. The second-order valence-corrected chi connectivity index (χ2v) is 43.4. The molecule has 12 aromatic rings. The average Bonchev–Trinajstić information content (AvgIpc) is 3.63. The van der Waals surface area contributed by atoms with Gasteiger partial charge in [-0.1, -0.05) is 0 Å². The topological polar surface area (TPSA) is 0 Å². The van der Waals surface area contributed by atoms with E-state index in [0.717, 1.165) is 0 Å². The van der Waals surface area contributed by atoms with Crippen molar-refractivity contribution in [3.63, 3.8) is 0 Å². The molecule has 0 fully saturated rings. The Morgan fingerprint density at radius 2 is 0.185 bits per heavy atom. The molecule has 410 valence electrons. The second kappa shape index (κ2) is 30.9. The van der Waals surface area contributed by atoms with Gasteiger partial charge in [0.25, 0.3) is 0 Å². The number of benzene rings is 12. The first kappa shape index (κ1) is 61.8. The van der Waals surface area contributed by atoms with Gasteiger partial charge in [0.15, 0.2) is 0 Å². The van der Waals surface area contributed by atoms with Crippen LogP contribution >= 0.6 is 63.5 Å². The predicted molar refractivity (Wildman–Crippen MR) is 385 cm³/mol. The molecule has 0 amide bonds. The van der Waals surface area contributed by atoms with Crippen LogP contribution in [0.25, 0.3) is 0 Å². The zero-order chi connectivity index (χ0) is 55.4. The molecule has 0 aliphatic rings. The molecule has 0 nitrogen and oxygen atoms in total. The second-order valence-electron chi connectivity index (χ2n) is 19.6. The van der Waals surface area contributed by atoms with Crippen molar-refractivity contribution in [3.05, 3.63) is 364 Å². The zero-order valence-electron chi connectivity index (χ0n) is 45.3. The van der Waals surface area contributed by atoms with E-state index in [2.05, 4.69) is 400 Å². The van der Waals surface area contributed by atoms with Crippen LogP contribution in [-0.4, -0.2) is 0 Å². The van der Waals surface area contributed by atoms with Crippen molar-refractivity contribution in [1.82, 2.24) is 0 Å². The molecule has 9 heteroatoms. The SMILES string of the molecule is P[PH](c1ccccc1)(c1ccccc1)c1ccccc1.P[PH](c1ccccc1)(c1ccccc1)c1ccccc1.P[PH](c1ccccc1)(c1ccccc1)c1ccccc1.P[PH](c1ccccc1)(c1ccccc1)c1ccccc1.[Pt]. The summed E-state index contributed by atoms with van der Waals surface area (Å²) in [4.78, 5) is 0. The van der Waals surface area contributed by atoms with Crippen molar-refractivity contribution >= 4 is 127 Å². The Morgan fingerprint density at radius 3 is 0.247 bits per heavy atom. The number of hydrogen-bond donors (Lipinski definition) is 0. The maximum Gasteiger partial charge on any atom is 0 e. The molecule has 4 atom stereocenters. The molecule has 12 aromatic carbocycles. The molecule has 0 saturated heterocycles. The molecule has 0 aliphatic carbocycles. The van der Waals surface area contributed by atoms with E-state index < -0.39 is 27.8 Å². The molecule has 81 heavy (non-hydrogen) atoms. The Labute approximate surface area is 508 Å². The van der Waals surface area contributed by atoms with Crippen molar-refractivity contribution in [2.75, 3.05) is 0 Å². The van der Waals surface area contributed by atoms with Gasteiger partial charge in [-0.05, 0) is 0 Å². The number of rotatable bonds is 12. The molecule has 0 aromatic heterocycles. The largest absolute Gasteiger partial charge is 0 e. The third-order valence-corrected chi connectivity index (χ3v) is 41.7. The Hall–Kier alpha value is -5.23. The smallest absolute Gasteiger partial charge is 0 e. The van der Waals surface area contributed by atoms with E-state index >= 15 is 0 Å². The minimum absolute atomic E-state index is 0. The van der Waals surface area contributed by atoms with Crippen molar-refractivity contribution in [1.29, 1.82) is 0 Å². The standard InChI is InChI=1S/4C18H18P2.Pt/c4*19-20(16-10-4-1-5-11-16,17-12-6-2-7-13-17)18-14-8-3-9-15-18;/h4*1-15,20H,19H2;. The molecule has 12 rings (SSSR count). The van der Waals surface area contributed by atoms with Crippen LogP contribution < -0.4 is 63.7 Å². The molecule has 0 radical (unpaired) electrons. The Balaban J connectivity index is 0.000000141. The van der Waals surface area contributed by atoms with Gasteiger partial charge in [0.1, 0.15) is 0 Å². The van der Waals surface area contributed by atoms with E-state index in [-0.39, 0.29) is 21.1 Å². The summed E-state index contributed by atoms with van der Waals surface area (Å²) in [6, 6.07) is 130. The fourth-order valence-corrected chi connectivity index (χ4v) is 30.0. The molecule has 0 bridgehead atoms. The van der Waals surface area contributed by atoms with E-state index in [4.69, 9.17) is 0 Å². The third kappa shape index (κ3) is 14.9. The Morgan fingerprint density at radius 1 is 0.123 bits per heavy atom. The fourth-order valence-electron chi connectivity index (χ4n) is 10.4. The van der Waals surface area contributed by atoms with Gasteiger partial charge in [0.05, 0.1) is 0 Å². The summed E-state index contributed by atoms with van der Waals surface area (Å²) in [5, 5.41) is 17.0. The van der Waals surface area contributed by atoms with E-state index in [1.165, 1.54) is 63.7 Å². The van der Waals surface area contributed by atoms with E-state index in [9.17, 15) is 0 Å². The summed E-state index contributed by atoms with van der Waals surface area (Å²) in [6.45, 7) is -7.84. The van der Waals surface area contributed by atoms with Crippen LogP contribution in [0.3, 0.4) is 0 Å². The van der Waals surface area contributed by atoms with Crippen molar-refractivity contribution in [3.8, 4) is 0 Å². The van der Waals surface area contributed by atoms with Crippen LogP contribution in [0.15, 0.2) is 364 Å². The van der Waals surface area contributed by atoms with Crippen molar-refractivity contribution < 1.29 is 21.1 Å². The van der Waals surface area contributed by atoms with E-state index in [0.29, 0.717) is 0 Å². The fraction of sp³-hybridized carbons (Fsp3) is 0. The van der Waals surface area contributed by atoms with Gasteiger partial charge in [-0.25, -0.2) is 0 Å². The summed E-state index contributed by atoms with van der Waals surface area (Å²) in [5.41, 5.74) is 0. The molecule has 0 N–H and O–H groups in total. The molecule has 0 saturated carbocycles. The van der Waals surface area contributed by atoms with Crippen molar-refractivity contribution in [2.24, 2.45) is 0 Å². The minimum atomic E-state index is -1.96. The molecule has 0 heterocycles. The van der Waals surface area contributed by atoms with Crippen molar-refractivity contribution in [2.45, 2.75) is 0 Å². The van der Waals surface area contributed by atoms with Crippen LogP contribution in [0, 0.1) is 0 Å². The van der Waals surface area contributed by atoms with E-state index in [1.807, 2.05) is 0 Å². The molecule has 0 spiro atoms. The number of hydrogen-bond acceptors (Lipinski definition) is 0. The summed E-state index contributed by atoms with van der Waals surface area (Å²) in [6.07, 6.45) is 0. The van der Waals surface area contributed by atoms with Gasteiger partial charge in [0.2, 0.25) is 0 Å². The first-order valence-electron chi connectivity index (χ1n) is 27.1. The quantitative estimate of drug-likeness (QED) is 0.107. The maximum absolute atomic E-state index is 3.20. The van der Waals surface area contributed by atoms with Gasteiger partial charge in [-0.15, -0.1) is 0 Å². The van der Waals surface area contributed by atoms with E-state index in [1.54, 1.807) is 0 Å². The normalized spacial score (nSPS) is 11.9. The van der Waals surface area contributed by atoms with Gasteiger partial charge in [0, 0.05) is 21.1 Å². The van der Waals surface area contributed by atoms with Crippen LogP contribution in [0.4, 0.5) is 0 Å². The van der Waals surface area contributed by atoms with Crippen LogP contribution in [0.1, 0.15) is 0 Å². The Bertz CT molecular complexity index is 2770. The summed E-state index contributed by atoms with van der Waals surface area (Å²) >= 11 is 0. The summed E-state index contributed by atoms with van der Waals surface area (Å²) < 4.78 is 0. The predicted octanol–water partition coefficient (Wildman–Crippen LogP) is 14.0. The third-order valence-electron chi connectivity index (χ3n) is 14.7. The van der Waals surface area contributed by atoms with Gasteiger partial charge in [-0.2, -0.15) is 0 Å². The summed E-state index contributed by atoms with van der Waals surface area (Å²) in [5.74, 6) is 0. The summed E-state index contributed by atoms with van der Waals surface area (Å²) in [7, 11) is 12.8. The van der Waals surface area contributed by atoms with Gasteiger partial charge in [-0.3, -0.25) is 0 Å². The average molecular weight is 1380 g/mol.